The third kappa shape index (κ3) is 5.61. The maximum absolute atomic E-state index is 11.2. The average Bonchev–Trinajstić information content (AvgIpc) is 2.99. The molecular formula is C16H22N4O2S. The van der Waals surface area contributed by atoms with E-state index in [0.717, 1.165) is 23.6 Å². The maximum Gasteiger partial charge on any atom is 0.239 e. The number of benzene rings is 1. The lowest BCUT2D eigenvalue weighted by Gasteiger charge is -2.08. The van der Waals surface area contributed by atoms with Gasteiger partial charge in [0, 0.05) is 6.42 Å². The molecule has 2 aromatic rings. The van der Waals surface area contributed by atoms with Crippen molar-refractivity contribution in [2.45, 2.75) is 32.6 Å². The topological polar surface area (TPSA) is 90.1 Å². The minimum Gasteiger partial charge on any atom is -0.494 e. The van der Waals surface area contributed by atoms with Crippen LogP contribution in [0.2, 0.25) is 0 Å². The molecule has 3 N–H and O–H groups in total. The van der Waals surface area contributed by atoms with E-state index in [9.17, 15) is 4.79 Å². The maximum atomic E-state index is 11.2. The molecule has 0 aliphatic carbocycles. The molecule has 0 saturated carbocycles. The van der Waals surface area contributed by atoms with Crippen molar-refractivity contribution in [1.29, 1.82) is 0 Å². The van der Waals surface area contributed by atoms with Gasteiger partial charge in [-0.05, 0) is 30.0 Å². The Hall–Kier alpha value is -1.99. The molecule has 0 unspecified atom stereocenters. The average molecular weight is 334 g/mol. The predicted molar refractivity (Wildman–Crippen MR) is 91.9 cm³/mol. The van der Waals surface area contributed by atoms with Gasteiger partial charge in [0.25, 0.3) is 0 Å². The van der Waals surface area contributed by atoms with Crippen LogP contribution < -0.4 is 15.8 Å². The Morgan fingerprint density at radius 2 is 2.04 bits per heavy atom. The lowest BCUT2D eigenvalue weighted by molar-refractivity contribution is -0.114. The van der Waals surface area contributed by atoms with Crippen LogP contribution in [0.3, 0.4) is 0 Å². The van der Waals surface area contributed by atoms with Crippen LogP contribution in [0.1, 0.15) is 36.8 Å². The molecule has 0 fully saturated rings. The van der Waals surface area contributed by atoms with Crippen molar-refractivity contribution in [3.63, 3.8) is 0 Å². The van der Waals surface area contributed by atoms with Crippen LogP contribution in [0.15, 0.2) is 24.3 Å². The van der Waals surface area contributed by atoms with Gasteiger partial charge in [-0.15, -0.1) is 10.2 Å². The highest BCUT2D eigenvalue weighted by Gasteiger charge is 2.07. The van der Waals surface area contributed by atoms with Crippen molar-refractivity contribution in [2.75, 3.05) is 18.5 Å². The number of ether oxygens (including phenoxy) is 1. The molecule has 2 rings (SSSR count). The molecule has 7 heteroatoms. The van der Waals surface area contributed by atoms with Crippen LogP contribution in [0.5, 0.6) is 5.75 Å². The zero-order valence-electron chi connectivity index (χ0n) is 13.4. The lowest BCUT2D eigenvalue weighted by Crippen LogP contribution is -2.21. The van der Waals surface area contributed by atoms with Crippen LogP contribution in [0.4, 0.5) is 5.13 Å². The smallest absolute Gasteiger partial charge is 0.239 e. The monoisotopic (exact) mass is 334 g/mol. The fourth-order valence-electron chi connectivity index (χ4n) is 1.94. The molecule has 0 spiro atoms. The summed E-state index contributed by atoms with van der Waals surface area (Å²) in [6.07, 6.45) is 1.60. The van der Waals surface area contributed by atoms with Crippen LogP contribution in [-0.4, -0.2) is 29.3 Å². The molecule has 6 nitrogen and oxygen atoms in total. The molecule has 0 saturated heterocycles. The normalized spacial score (nSPS) is 10.8. The number of aromatic nitrogens is 2. The second kappa shape index (κ2) is 8.59. The van der Waals surface area contributed by atoms with Gasteiger partial charge in [0.05, 0.1) is 13.2 Å². The van der Waals surface area contributed by atoms with Gasteiger partial charge in [-0.1, -0.05) is 37.3 Å². The van der Waals surface area contributed by atoms with E-state index in [1.54, 1.807) is 0 Å². The van der Waals surface area contributed by atoms with Gasteiger partial charge in [0.1, 0.15) is 10.8 Å². The van der Waals surface area contributed by atoms with Gasteiger partial charge in [0.15, 0.2) is 0 Å². The molecule has 1 aromatic carbocycles. The number of nitrogens with one attached hydrogen (secondary N) is 1. The number of aryl methyl sites for hydroxylation is 1. The quantitative estimate of drug-likeness (QED) is 0.724. The van der Waals surface area contributed by atoms with Crippen molar-refractivity contribution >= 4 is 22.4 Å². The largest absolute Gasteiger partial charge is 0.494 e. The Morgan fingerprint density at radius 3 is 2.70 bits per heavy atom. The van der Waals surface area contributed by atoms with E-state index in [1.165, 1.54) is 16.9 Å². The van der Waals surface area contributed by atoms with Gasteiger partial charge in [-0.25, -0.2) is 0 Å². The number of nitrogens with zero attached hydrogens (tertiary/aromatic N) is 2. The van der Waals surface area contributed by atoms with Crippen LogP contribution >= 0.6 is 11.3 Å². The number of anilines is 1. The highest BCUT2D eigenvalue weighted by Crippen LogP contribution is 2.19. The minimum atomic E-state index is -0.263. The summed E-state index contributed by atoms with van der Waals surface area (Å²) in [6.45, 7) is 4.90. The summed E-state index contributed by atoms with van der Waals surface area (Å²) in [5.41, 5.74) is 6.54. The number of nitrogens with two attached hydrogens (primary N) is 1. The Balaban J connectivity index is 1.72. The van der Waals surface area contributed by atoms with Crippen molar-refractivity contribution < 1.29 is 9.53 Å². The van der Waals surface area contributed by atoms with Gasteiger partial charge in [0.2, 0.25) is 11.0 Å². The zero-order valence-corrected chi connectivity index (χ0v) is 14.2. The van der Waals surface area contributed by atoms with Crippen LogP contribution in [0.25, 0.3) is 0 Å². The first-order chi connectivity index (χ1) is 11.1. The van der Waals surface area contributed by atoms with Crippen molar-refractivity contribution in [1.82, 2.24) is 10.2 Å². The molecule has 0 atom stereocenters. The van der Waals surface area contributed by atoms with E-state index >= 15 is 0 Å². The molecular weight excluding hydrogens is 312 g/mol. The summed E-state index contributed by atoms with van der Waals surface area (Å²) in [5.74, 6) is 1.14. The standard InChI is InChI=1S/C16H22N4O2S/c1-11(2)12-5-7-13(8-6-12)22-9-3-4-15-19-20-16(23-15)18-14(21)10-17/h5-8,11H,3-4,9-10,17H2,1-2H3,(H,18,20,21). The number of hydrogen-bond acceptors (Lipinski definition) is 6. The summed E-state index contributed by atoms with van der Waals surface area (Å²) in [5, 5.41) is 11.9. The molecule has 23 heavy (non-hydrogen) atoms. The van der Waals surface area contributed by atoms with Crippen molar-refractivity contribution in [3.05, 3.63) is 34.8 Å². The molecule has 124 valence electrons. The van der Waals surface area contributed by atoms with Gasteiger partial charge >= 0.3 is 0 Å². The molecule has 1 aromatic heterocycles. The third-order valence-corrected chi connectivity index (χ3v) is 4.15. The Kier molecular flexibility index (Phi) is 6.49. The number of carbonyl (C=O) groups excluding carboxylic acids is 1. The first-order valence-corrected chi connectivity index (χ1v) is 8.45. The van der Waals surface area contributed by atoms with Crippen LogP contribution in [0, 0.1) is 0 Å². The summed E-state index contributed by atoms with van der Waals surface area (Å²) in [4.78, 5) is 11.2. The Labute approximate surface area is 140 Å². The van der Waals surface area contributed by atoms with Crippen molar-refractivity contribution in [3.8, 4) is 5.75 Å². The van der Waals surface area contributed by atoms with E-state index < -0.39 is 0 Å². The van der Waals surface area contributed by atoms with Gasteiger partial charge < -0.3 is 10.5 Å². The van der Waals surface area contributed by atoms with Gasteiger partial charge in [-0.2, -0.15) is 0 Å². The second-order valence-electron chi connectivity index (χ2n) is 5.43. The molecule has 1 amide bonds. The van der Waals surface area contributed by atoms with E-state index in [-0.39, 0.29) is 12.5 Å². The molecule has 1 heterocycles. The van der Waals surface area contributed by atoms with E-state index in [4.69, 9.17) is 10.5 Å². The predicted octanol–water partition coefficient (Wildman–Crippen LogP) is 2.57. The van der Waals surface area contributed by atoms with E-state index in [0.29, 0.717) is 17.7 Å². The lowest BCUT2D eigenvalue weighted by atomic mass is 10.0. The minimum absolute atomic E-state index is 0.0572. The first-order valence-electron chi connectivity index (χ1n) is 7.63. The first kappa shape index (κ1) is 17.4. The highest BCUT2D eigenvalue weighted by molar-refractivity contribution is 7.15. The molecule has 0 aliphatic heterocycles. The SMILES string of the molecule is CC(C)c1ccc(OCCCc2nnc(NC(=O)CN)s2)cc1. The Morgan fingerprint density at radius 1 is 1.30 bits per heavy atom. The van der Waals surface area contributed by atoms with E-state index in [1.807, 2.05) is 12.1 Å². The number of hydrogen-bond donors (Lipinski definition) is 2. The van der Waals surface area contributed by atoms with Gasteiger partial charge in [-0.3, -0.25) is 10.1 Å². The number of rotatable bonds is 8. The van der Waals surface area contributed by atoms with Crippen molar-refractivity contribution in [2.24, 2.45) is 5.73 Å². The fraction of sp³-hybridized carbons (Fsp3) is 0.438. The molecule has 0 aliphatic rings. The van der Waals surface area contributed by atoms with Crippen LogP contribution in [-0.2, 0) is 11.2 Å². The highest BCUT2D eigenvalue weighted by atomic mass is 32.1. The summed E-state index contributed by atoms with van der Waals surface area (Å²) in [7, 11) is 0. The number of amides is 1. The third-order valence-electron chi connectivity index (χ3n) is 3.25. The Bertz CT molecular complexity index is 625. The summed E-state index contributed by atoms with van der Waals surface area (Å²) >= 11 is 1.36. The molecule has 0 radical (unpaired) electrons. The number of carbonyl (C=O) groups is 1. The zero-order chi connectivity index (χ0) is 16.7. The fourth-order valence-corrected chi connectivity index (χ4v) is 2.74. The van der Waals surface area contributed by atoms with E-state index in [2.05, 4.69) is 41.5 Å². The second-order valence-corrected chi connectivity index (χ2v) is 6.49. The molecule has 0 bridgehead atoms. The summed E-state index contributed by atoms with van der Waals surface area (Å²) < 4.78 is 5.72. The summed E-state index contributed by atoms with van der Waals surface area (Å²) in [6, 6.07) is 8.19.